The summed E-state index contributed by atoms with van der Waals surface area (Å²) in [6.07, 6.45) is 0. The molecule has 0 spiro atoms. The topological polar surface area (TPSA) is 93.0 Å². The summed E-state index contributed by atoms with van der Waals surface area (Å²) in [6, 6.07) is 0. The summed E-state index contributed by atoms with van der Waals surface area (Å²) in [4.78, 5) is 9.65. The van der Waals surface area contributed by atoms with Crippen molar-refractivity contribution in [2.75, 3.05) is 0 Å². The van der Waals surface area contributed by atoms with Gasteiger partial charge in [-0.3, -0.25) is 0 Å². The minimum absolute atomic E-state index is 1.92. The van der Waals surface area contributed by atoms with Crippen LogP contribution in [-0.4, -0.2) is 32.4 Å². The molecule has 0 atom stereocenters. The first kappa shape index (κ1) is 10.9. The molecule has 0 rings (SSSR count). The maximum absolute atomic E-state index is 12.1. The molecule has 0 heterocycles. The third kappa shape index (κ3) is 1.75. The number of aliphatic carboxylic acids is 1. The van der Waals surface area contributed by atoms with Gasteiger partial charge in [0.15, 0.2) is 0 Å². The van der Waals surface area contributed by atoms with Crippen molar-refractivity contribution < 1.29 is 31.4 Å². The van der Waals surface area contributed by atoms with Crippen molar-refractivity contribution >= 4 is 23.7 Å². The second kappa shape index (κ2) is 3.13. The molecule has 0 bridgehead atoms. The van der Waals surface area contributed by atoms with Crippen LogP contribution in [0.3, 0.4) is 0 Å². The van der Waals surface area contributed by atoms with Crippen LogP contribution >= 0.6 is 0 Å². The predicted octanol–water partition coefficient (Wildman–Crippen LogP) is -0.723. The van der Waals surface area contributed by atoms with Gasteiger partial charge in [-0.1, -0.05) is 0 Å². The molecule has 0 amide bonds. The van der Waals surface area contributed by atoms with Gasteiger partial charge in [0, 0.05) is 0 Å². The summed E-state index contributed by atoms with van der Waals surface area (Å²) < 4.78 is 47.5. The van der Waals surface area contributed by atoms with E-state index in [-0.39, 0.29) is 0 Å². The normalized spacial score (nSPS) is 12.1. The fourth-order valence-electron chi connectivity index (χ4n) is 0.210. The Hall–Kier alpha value is -1.06. The Morgan fingerprint density at radius 2 is 2.00 bits per heavy atom. The molecule has 6 nitrogen and oxygen atoms in total. The Morgan fingerprint density at radius 1 is 1.58 bits per heavy atom. The van der Waals surface area contributed by atoms with Gasteiger partial charge >= 0.3 is 65.4 Å². The molecule has 0 aliphatic rings. The molecule has 0 aromatic carbocycles. The summed E-state index contributed by atoms with van der Waals surface area (Å²) >= 11 is 0. The van der Waals surface area contributed by atoms with Crippen molar-refractivity contribution in [2.24, 2.45) is 5.06 Å². The third-order valence-corrected chi connectivity index (χ3v) is 1.79. The SMILES string of the molecule is [B]=NOS(=O)(=O)C(F)(F)C(=O)O. The molecule has 0 aromatic heterocycles. The minimum atomic E-state index is -5.63. The predicted molar refractivity (Wildman–Crippen MR) is 30.8 cm³/mol. The molecule has 0 saturated heterocycles. The summed E-state index contributed by atoms with van der Waals surface area (Å²) in [6.45, 7) is 0. The van der Waals surface area contributed by atoms with Gasteiger partial charge in [-0.15, -0.1) is 0 Å². The number of carbonyl (C=O) groups is 1. The van der Waals surface area contributed by atoms with Gasteiger partial charge in [0.05, 0.1) is 0 Å². The van der Waals surface area contributed by atoms with Gasteiger partial charge in [-0.25, -0.2) is 0 Å². The Morgan fingerprint density at radius 3 is 2.25 bits per heavy atom. The molecule has 0 fully saturated rings. The molecule has 67 valence electrons. The molecule has 12 heavy (non-hydrogen) atoms. The summed E-state index contributed by atoms with van der Waals surface area (Å²) in [5.41, 5.74) is 0. The monoisotopic (exact) mass is 200 g/mol. The molecule has 0 aliphatic heterocycles. The van der Waals surface area contributed by atoms with Crippen LogP contribution in [0.4, 0.5) is 8.78 Å². The first-order valence-corrected chi connectivity index (χ1v) is 3.61. The molecule has 0 aromatic rings. The van der Waals surface area contributed by atoms with Gasteiger partial charge in [-0.05, 0) is 0 Å². The zero-order valence-corrected chi connectivity index (χ0v) is 6.09. The van der Waals surface area contributed by atoms with Crippen LogP contribution in [0.5, 0.6) is 0 Å². The van der Waals surface area contributed by atoms with E-state index in [1.807, 2.05) is 5.06 Å². The van der Waals surface area contributed by atoms with E-state index >= 15 is 0 Å². The average Bonchev–Trinajstić information content (AvgIpc) is 1.86. The van der Waals surface area contributed by atoms with Crippen LogP contribution in [0.25, 0.3) is 0 Å². The van der Waals surface area contributed by atoms with Crippen molar-refractivity contribution in [3.05, 3.63) is 0 Å². The molecule has 1 N–H and O–H groups in total. The van der Waals surface area contributed by atoms with E-state index in [4.69, 9.17) is 5.11 Å². The van der Waals surface area contributed by atoms with Gasteiger partial charge in [-0.2, -0.15) is 0 Å². The summed E-state index contributed by atoms with van der Waals surface area (Å²) in [7, 11) is -1.52. The van der Waals surface area contributed by atoms with Crippen LogP contribution in [-0.2, 0) is 19.2 Å². The van der Waals surface area contributed by atoms with Crippen LogP contribution in [0.2, 0.25) is 0 Å². The van der Waals surface area contributed by atoms with Gasteiger partial charge in [0.25, 0.3) is 0 Å². The number of halogens is 2. The van der Waals surface area contributed by atoms with Crippen molar-refractivity contribution in [2.45, 2.75) is 5.25 Å². The molecule has 0 unspecified atom stereocenters. The van der Waals surface area contributed by atoms with E-state index in [1.165, 1.54) is 0 Å². The third-order valence-electron chi connectivity index (χ3n) is 0.704. The quantitative estimate of drug-likeness (QED) is 0.477. The zero-order valence-electron chi connectivity index (χ0n) is 5.27. The Bertz CT molecular complexity index is 299. The summed E-state index contributed by atoms with van der Waals surface area (Å²) in [5.74, 6) is -2.87. The Kier molecular flexibility index (Phi) is 2.85. The first-order valence-electron chi connectivity index (χ1n) is 2.20. The molecular weight excluding hydrogens is 199 g/mol. The standard InChI is InChI=1S/C2HBF2NO5S/c3-6-11-12(9,10)2(4,5)1(7)8/h(H,7,8). The number of hydrogen-bond acceptors (Lipinski definition) is 5. The van der Waals surface area contributed by atoms with Crippen LogP contribution in [0.15, 0.2) is 5.06 Å². The van der Waals surface area contributed by atoms with Crippen LogP contribution < -0.4 is 0 Å². The van der Waals surface area contributed by atoms with E-state index in [1.54, 1.807) is 0 Å². The van der Waals surface area contributed by atoms with Crippen molar-refractivity contribution in [1.29, 1.82) is 0 Å². The van der Waals surface area contributed by atoms with Gasteiger partial charge in [0.1, 0.15) is 0 Å². The molecular formula is C2HBF2NO5S. The first-order chi connectivity index (χ1) is 5.25. The van der Waals surface area contributed by atoms with Gasteiger partial charge in [0.2, 0.25) is 0 Å². The number of alkyl halides is 2. The second-order valence-corrected chi connectivity index (χ2v) is 3.03. The van der Waals surface area contributed by atoms with E-state index in [9.17, 15) is 22.0 Å². The molecule has 10 heteroatoms. The van der Waals surface area contributed by atoms with E-state index in [0.29, 0.717) is 0 Å². The Labute approximate surface area is 66.3 Å². The average molecular weight is 200 g/mol. The second-order valence-electron chi connectivity index (χ2n) is 1.46. The fraction of sp³-hybridized carbons (Fsp3) is 0.500. The van der Waals surface area contributed by atoms with E-state index < -0.39 is 21.3 Å². The van der Waals surface area contributed by atoms with Crippen LogP contribution in [0, 0.1) is 0 Å². The van der Waals surface area contributed by atoms with Crippen molar-refractivity contribution in [3.8, 4) is 0 Å². The zero-order chi connectivity index (χ0) is 9.99. The number of carboxylic acid groups (broad SMARTS) is 1. The van der Waals surface area contributed by atoms with Crippen molar-refractivity contribution in [3.63, 3.8) is 0 Å². The molecule has 1 radical (unpaired) electrons. The number of rotatable bonds is 4. The van der Waals surface area contributed by atoms with E-state index in [2.05, 4.69) is 11.9 Å². The van der Waals surface area contributed by atoms with E-state index in [0.717, 1.165) is 0 Å². The van der Waals surface area contributed by atoms with Crippen LogP contribution in [0.1, 0.15) is 0 Å². The Balaban J connectivity index is 5.02. The summed E-state index contributed by atoms with van der Waals surface area (Å²) in [5, 5.41) is 4.58. The van der Waals surface area contributed by atoms with Crippen molar-refractivity contribution in [1.82, 2.24) is 0 Å². The van der Waals surface area contributed by atoms with Gasteiger partial charge < -0.3 is 0 Å². The number of nitrogens with zero attached hydrogens (tertiary/aromatic N) is 1. The fourth-order valence-corrected chi connectivity index (χ4v) is 0.631. The number of hydrogen-bond donors (Lipinski definition) is 1. The number of carboxylic acids is 1. The molecule has 0 aliphatic carbocycles. The molecule has 0 saturated carbocycles. The maximum atomic E-state index is 12.1.